The Balaban J connectivity index is 1.37. The molecule has 0 bridgehead atoms. The molecule has 9 nitrogen and oxygen atoms in total. The number of carbonyl (C=O) groups excluding carboxylic acids is 3. The van der Waals surface area contributed by atoms with Gasteiger partial charge in [0, 0.05) is 38.6 Å². The van der Waals surface area contributed by atoms with E-state index in [1.165, 1.54) is 0 Å². The van der Waals surface area contributed by atoms with Gasteiger partial charge in [-0.1, -0.05) is 48.5 Å². The number of rotatable bonds is 5. The Morgan fingerprint density at radius 2 is 1.58 bits per heavy atom. The number of nitrogens with zero attached hydrogens (tertiary/aromatic N) is 5. The van der Waals surface area contributed by atoms with E-state index in [-0.39, 0.29) is 12.5 Å². The predicted molar refractivity (Wildman–Crippen MR) is 134 cm³/mol. The van der Waals surface area contributed by atoms with Crippen LogP contribution in [0.3, 0.4) is 0 Å². The van der Waals surface area contributed by atoms with E-state index in [4.69, 9.17) is 0 Å². The summed E-state index contributed by atoms with van der Waals surface area (Å²) in [5.74, 6) is -0.0950. The van der Waals surface area contributed by atoms with E-state index < -0.39 is 17.5 Å². The first-order chi connectivity index (χ1) is 17.4. The van der Waals surface area contributed by atoms with Gasteiger partial charge < -0.3 is 15.1 Å². The molecule has 1 N–H and O–H groups in total. The molecule has 0 radical (unpaired) electrons. The first-order valence-corrected chi connectivity index (χ1v) is 12.0. The fraction of sp³-hybridized carbons (Fsp3) is 0.296. The number of piperazine rings is 1. The van der Waals surface area contributed by atoms with Gasteiger partial charge in [0.1, 0.15) is 6.54 Å². The monoisotopic (exact) mass is 484 g/mol. The molecule has 2 aliphatic heterocycles. The molecule has 2 aromatic carbocycles. The van der Waals surface area contributed by atoms with Gasteiger partial charge in [0.05, 0.1) is 0 Å². The Morgan fingerprint density at radius 1 is 0.889 bits per heavy atom. The average Bonchev–Trinajstić information content (AvgIpc) is 3.17. The van der Waals surface area contributed by atoms with Gasteiger partial charge in [0.2, 0.25) is 11.9 Å². The summed E-state index contributed by atoms with van der Waals surface area (Å²) in [6.07, 6.45) is 3.37. The van der Waals surface area contributed by atoms with Crippen molar-refractivity contribution in [1.82, 2.24) is 25.1 Å². The quantitative estimate of drug-likeness (QED) is 0.558. The highest BCUT2D eigenvalue weighted by molar-refractivity contribution is 6.11. The molecular weight excluding hydrogens is 456 g/mol. The molecule has 0 spiro atoms. The van der Waals surface area contributed by atoms with Crippen molar-refractivity contribution in [2.24, 2.45) is 0 Å². The second kappa shape index (κ2) is 9.41. The molecular formula is C27H28N6O3. The highest BCUT2D eigenvalue weighted by atomic mass is 16.2. The van der Waals surface area contributed by atoms with Gasteiger partial charge in [0.15, 0.2) is 5.54 Å². The molecule has 2 saturated heterocycles. The standard InChI is InChI=1S/C27H28N6O3/c1-19-9-10-22(17-20(19)2)27(21-7-4-3-5-8-21)24(35)33(26(36)30-27)18-23(34)31-13-15-32(16-14-31)25-28-11-6-12-29-25/h3-12,17H,13-16,18H2,1-2H3,(H,30,36). The lowest BCUT2D eigenvalue weighted by atomic mass is 9.81. The number of aryl methyl sites for hydroxylation is 2. The molecule has 0 saturated carbocycles. The van der Waals surface area contributed by atoms with E-state index in [2.05, 4.69) is 15.3 Å². The third-order valence-electron chi connectivity index (χ3n) is 7.01. The lowest BCUT2D eigenvalue weighted by Crippen LogP contribution is -2.52. The molecule has 36 heavy (non-hydrogen) atoms. The van der Waals surface area contributed by atoms with Crippen molar-refractivity contribution in [3.05, 3.63) is 89.2 Å². The molecule has 2 fully saturated rings. The Bertz CT molecular complexity index is 1290. The van der Waals surface area contributed by atoms with Gasteiger partial charge in [-0.3, -0.25) is 14.5 Å². The Hall–Kier alpha value is -4.27. The van der Waals surface area contributed by atoms with Crippen LogP contribution in [-0.2, 0) is 15.1 Å². The van der Waals surface area contributed by atoms with E-state index in [1.54, 1.807) is 23.4 Å². The second-order valence-corrected chi connectivity index (χ2v) is 9.15. The van der Waals surface area contributed by atoms with Gasteiger partial charge in [-0.15, -0.1) is 0 Å². The summed E-state index contributed by atoms with van der Waals surface area (Å²) in [5, 5.41) is 2.93. The van der Waals surface area contributed by atoms with E-state index in [1.807, 2.05) is 67.3 Å². The predicted octanol–water partition coefficient (Wildman–Crippen LogP) is 2.24. The van der Waals surface area contributed by atoms with Crippen LogP contribution in [0.2, 0.25) is 0 Å². The van der Waals surface area contributed by atoms with E-state index in [9.17, 15) is 14.4 Å². The lowest BCUT2D eigenvalue weighted by molar-refractivity contribution is -0.138. The third-order valence-corrected chi connectivity index (χ3v) is 7.01. The summed E-state index contributed by atoms with van der Waals surface area (Å²) in [6.45, 7) is 5.73. The molecule has 0 aliphatic carbocycles. The minimum Gasteiger partial charge on any atom is -0.338 e. The topological polar surface area (TPSA) is 98.7 Å². The van der Waals surface area contributed by atoms with Crippen LogP contribution >= 0.6 is 0 Å². The SMILES string of the molecule is Cc1ccc(C2(c3ccccc3)NC(=O)N(CC(=O)N3CCN(c4ncccn4)CC3)C2=O)cc1C. The number of urea groups is 1. The van der Waals surface area contributed by atoms with Gasteiger partial charge in [-0.25, -0.2) is 14.8 Å². The zero-order valence-corrected chi connectivity index (χ0v) is 20.3. The summed E-state index contributed by atoms with van der Waals surface area (Å²) in [5.41, 5.74) is 2.03. The fourth-order valence-electron chi connectivity index (χ4n) is 4.79. The Kier molecular flexibility index (Phi) is 6.13. The minimum absolute atomic E-state index is 0.268. The molecule has 184 valence electrons. The first-order valence-electron chi connectivity index (χ1n) is 12.0. The van der Waals surface area contributed by atoms with Crippen LogP contribution in [0.1, 0.15) is 22.3 Å². The molecule has 2 aliphatic rings. The lowest BCUT2D eigenvalue weighted by Gasteiger charge is -2.35. The van der Waals surface area contributed by atoms with Crippen LogP contribution in [0.15, 0.2) is 67.0 Å². The number of benzene rings is 2. The number of anilines is 1. The van der Waals surface area contributed by atoms with E-state index >= 15 is 0 Å². The maximum atomic E-state index is 13.9. The summed E-state index contributed by atoms with van der Waals surface area (Å²) in [7, 11) is 0. The van der Waals surface area contributed by atoms with Gasteiger partial charge >= 0.3 is 6.03 Å². The number of hydrogen-bond acceptors (Lipinski definition) is 6. The fourth-order valence-corrected chi connectivity index (χ4v) is 4.79. The number of carbonyl (C=O) groups is 3. The summed E-state index contributed by atoms with van der Waals surface area (Å²) < 4.78 is 0. The number of nitrogens with one attached hydrogen (secondary N) is 1. The second-order valence-electron chi connectivity index (χ2n) is 9.15. The molecule has 1 atom stereocenters. The molecule has 1 unspecified atom stereocenters. The average molecular weight is 485 g/mol. The largest absolute Gasteiger partial charge is 0.338 e. The maximum absolute atomic E-state index is 13.9. The van der Waals surface area contributed by atoms with Crippen LogP contribution in [0.25, 0.3) is 0 Å². The van der Waals surface area contributed by atoms with Gasteiger partial charge in [-0.05, 0) is 42.2 Å². The molecule has 4 amide bonds. The minimum atomic E-state index is -1.39. The van der Waals surface area contributed by atoms with Crippen molar-refractivity contribution in [3.8, 4) is 0 Å². The molecule has 3 aromatic rings. The highest BCUT2D eigenvalue weighted by Crippen LogP contribution is 2.36. The van der Waals surface area contributed by atoms with Crippen molar-refractivity contribution in [2.75, 3.05) is 37.6 Å². The van der Waals surface area contributed by atoms with Crippen molar-refractivity contribution in [1.29, 1.82) is 0 Å². The van der Waals surface area contributed by atoms with Gasteiger partial charge in [0.25, 0.3) is 5.91 Å². The van der Waals surface area contributed by atoms with Crippen molar-refractivity contribution in [2.45, 2.75) is 19.4 Å². The molecule has 1 aromatic heterocycles. The zero-order valence-electron chi connectivity index (χ0n) is 20.3. The van der Waals surface area contributed by atoms with Crippen molar-refractivity contribution < 1.29 is 14.4 Å². The van der Waals surface area contributed by atoms with E-state index in [0.717, 1.165) is 16.0 Å². The third kappa shape index (κ3) is 4.06. The van der Waals surface area contributed by atoms with Crippen LogP contribution in [0.4, 0.5) is 10.7 Å². The number of aromatic nitrogens is 2. The summed E-state index contributed by atoms with van der Waals surface area (Å²) in [4.78, 5) is 53.5. The number of amides is 4. The summed E-state index contributed by atoms with van der Waals surface area (Å²) in [6, 6.07) is 16.1. The Labute approximate surface area is 209 Å². The van der Waals surface area contributed by atoms with Crippen molar-refractivity contribution >= 4 is 23.8 Å². The first kappa shape index (κ1) is 23.5. The van der Waals surface area contributed by atoms with Crippen LogP contribution in [0, 0.1) is 13.8 Å². The van der Waals surface area contributed by atoms with Gasteiger partial charge in [-0.2, -0.15) is 0 Å². The molecule has 9 heteroatoms. The number of imide groups is 1. The van der Waals surface area contributed by atoms with E-state index in [0.29, 0.717) is 43.3 Å². The van der Waals surface area contributed by atoms with Crippen molar-refractivity contribution in [3.63, 3.8) is 0 Å². The number of hydrogen-bond donors (Lipinski definition) is 1. The molecule has 5 rings (SSSR count). The summed E-state index contributed by atoms with van der Waals surface area (Å²) >= 11 is 0. The van der Waals surface area contributed by atoms with Crippen LogP contribution < -0.4 is 10.2 Å². The van der Waals surface area contributed by atoms with Crippen LogP contribution in [0.5, 0.6) is 0 Å². The zero-order chi connectivity index (χ0) is 25.3. The normalized spacial score (nSPS) is 20.0. The molecule has 3 heterocycles. The maximum Gasteiger partial charge on any atom is 0.326 e. The smallest absolute Gasteiger partial charge is 0.326 e. The highest BCUT2D eigenvalue weighted by Gasteiger charge is 2.54. The van der Waals surface area contributed by atoms with Crippen LogP contribution in [-0.4, -0.2) is 70.3 Å². The Morgan fingerprint density at radius 3 is 2.25 bits per heavy atom.